The average Bonchev–Trinajstić information content (AvgIpc) is 3.03. The van der Waals surface area contributed by atoms with Crippen LogP contribution < -0.4 is 16.2 Å². The van der Waals surface area contributed by atoms with Crippen LogP contribution in [0.25, 0.3) is 0 Å². The highest BCUT2D eigenvalue weighted by atomic mass is 19.1. The number of amides is 1. The lowest BCUT2D eigenvalue weighted by molar-refractivity contribution is -0.123. The van der Waals surface area contributed by atoms with Crippen molar-refractivity contribution in [1.29, 1.82) is 0 Å². The molecule has 23 heavy (non-hydrogen) atoms. The van der Waals surface area contributed by atoms with Gasteiger partial charge in [-0.2, -0.15) is 0 Å². The Morgan fingerprint density at radius 3 is 2.74 bits per heavy atom. The van der Waals surface area contributed by atoms with E-state index in [1.165, 1.54) is 17.7 Å². The summed E-state index contributed by atoms with van der Waals surface area (Å²) in [5.41, 5.74) is 9.33. The molecule has 3 rings (SSSR count). The van der Waals surface area contributed by atoms with Crippen molar-refractivity contribution in [3.05, 3.63) is 71.0 Å². The summed E-state index contributed by atoms with van der Waals surface area (Å²) in [7, 11) is 0. The number of benzene rings is 2. The van der Waals surface area contributed by atoms with Crippen molar-refractivity contribution in [2.75, 3.05) is 0 Å². The molecule has 2 aromatic rings. The fraction of sp³-hybridized carbons (Fsp3) is 0.278. The molecule has 0 spiro atoms. The molecule has 0 bridgehead atoms. The minimum Gasteiger partial charge on any atom is -0.351 e. The number of hydrogen-bond donors (Lipinski definition) is 3. The van der Waals surface area contributed by atoms with E-state index in [1.807, 2.05) is 25.1 Å². The Labute approximate surface area is 135 Å². The second kappa shape index (κ2) is 6.89. The lowest BCUT2D eigenvalue weighted by atomic mass is 10.0. The number of hydrazine groups is 1. The Morgan fingerprint density at radius 1 is 1.22 bits per heavy atom. The number of rotatable bonds is 4. The van der Waals surface area contributed by atoms with Crippen LogP contribution in [0.3, 0.4) is 0 Å². The normalized spacial score (nSPS) is 20.4. The zero-order valence-electron chi connectivity index (χ0n) is 13.0. The quantitative estimate of drug-likeness (QED) is 0.812. The zero-order chi connectivity index (χ0) is 16.2. The van der Waals surface area contributed by atoms with Crippen molar-refractivity contribution in [2.24, 2.45) is 0 Å². The van der Waals surface area contributed by atoms with Gasteiger partial charge in [-0.25, -0.2) is 15.2 Å². The third kappa shape index (κ3) is 3.94. The maximum absolute atomic E-state index is 13.0. The van der Waals surface area contributed by atoms with Crippen LogP contribution in [-0.4, -0.2) is 11.9 Å². The second-order valence-electron chi connectivity index (χ2n) is 5.89. The average molecular weight is 313 g/mol. The highest BCUT2D eigenvalue weighted by Gasteiger charge is 2.29. The zero-order valence-corrected chi connectivity index (χ0v) is 13.0. The Bertz CT molecular complexity index is 687. The van der Waals surface area contributed by atoms with Gasteiger partial charge in [0, 0.05) is 12.6 Å². The van der Waals surface area contributed by atoms with Gasteiger partial charge in [-0.05, 0) is 36.6 Å². The molecule has 3 N–H and O–H groups in total. The van der Waals surface area contributed by atoms with Crippen LogP contribution >= 0.6 is 0 Å². The first-order valence-corrected chi connectivity index (χ1v) is 7.71. The number of halogens is 1. The van der Waals surface area contributed by atoms with Gasteiger partial charge >= 0.3 is 0 Å². The number of carbonyl (C=O) groups excluding carboxylic acids is 1. The molecule has 5 heteroatoms. The molecule has 4 nitrogen and oxygen atoms in total. The molecule has 0 radical (unpaired) electrons. The van der Waals surface area contributed by atoms with E-state index in [1.54, 1.807) is 12.1 Å². The number of aryl methyl sites for hydroxylation is 1. The predicted octanol–water partition coefficient (Wildman–Crippen LogP) is 2.36. The number of carbonyl (C=O) groups is 1. The Kier molecular flexibility index (Phi) is 4.69. The maximum Gasteiger partial charge on any atom is 0.238 e. The van der Waals surface area contributed by atoms with Crippen molar-refractivity contribution in [2.45, 2.75) is 32.0 Å². The molecule has 0 aliphatic carbocycles. The summed E-state index contributed by atoms with van der Waals surface area (Å²) in [5.74, 6) is -0.296. The van der Waals surface area contributed by atoms with Gasteiger partial charge in [0.05, 0.1) is 0 Å². The van der Waals surface area contributed by atoms with Gasteiger partial charge in [0.25, 0.3) is 0 Å². The molecule has 1 saturated heterocycles. The van der Waals surface area contributed by atoms with Crippen LogP contribution in [0.1, 0.15) is 29.2 Å². The predicted molar refractivity (Wildman–Crippen MR) is 86.8 cm³/mol. The van der Waals surface area contributed by atoms with E-state index >= 15 is 0 Å². The summed E-state index contributed by atoms with van der Waals surface area (Å²) < 4.78 is 13.0. The van der Waals surface area contributed by atoms with Gasteiger partial charge in [0.15, 0.2) is 0 Å². The SMILES string of the molecule is Cc1cccc(CNC(=O)C2CC(c3ccc(F)cc3)NN2)c1. The molecule has 1 aliphatic rings. The number of nitrogens with one attached hydrogen (secondary N) is 3. The third-order valence-electron chi connectivity index (χ3n) is 4.04. The largest absolute Gasteiger partial charge is 0.351 e. The van der Waals surface area contributed by atoms with Crippen LogP contribution in [0.15, 0.2) is 48.5 Å². The fourth-order valence-electron chi connectivity index (χ4n) is 2.78. The van der Waals surface area contributed by atoms with Crippen LogP contribution in [0, 0.1) is 12.7 Å². The number of hydrogen-bond acceptors (Lipinski definition) is 3. The van der Waals surface area contributed by atoms with Gasteiger partial charge < -0.3 is 5.32 Å². The molecular formula is C18H20FN3O. The van der Waals surface area contributed by atoms with E-state index < -0.39 is 0 Å². The highest BCUT2D eigenvalue weighted by molar-refractivity contribution is 5.82. The van der Waals surface area contributed by atoms with Gasteiger partial charge in [-0.15, -0.1) is 0 Å². The summed E-state index contributed by atoms with van der Waals surface area (Å²) in [6.45, 7) is 2.54. The second-order valence-corrected chi connectivity index (χ2v) is 5.89. The van der Waals surface area contributed by atoms with Gasteiger partial charge in [0.1, 0.15) is 11.9 Å². The molecule has 2 atom stereocenters. The molecule has 0 saturated carbocycles. The standard InChI is InChI=1S/C18H20FN3O/c1-12-3-2-4-13(9-12)11-20-18(23)17-10-16(21-22-17)14-5-7-15(19)8-6-14/h2-9,16-17,21-22H,10-11H2,1H3,(H,20,23). The minimum atomic E-state index is -0.296. The van der Waals surface area contributed by atoms with Crippen LogP contribution in [-0.2, 0) is 11.3 Å². The molecule has 120 valence electrons. The first-order valence-electron chi connectivity index (χ1n) is 7.71. The molecule has 1 fully saturated rings. The Balaban J connectivity index is 1.54. The molecule has 2 aromatic carbocycles. The molecule has 0 aromatic heterocycles. The Morgan fingerprint density at radius 2 is 2.00 bits per heavy atom. The summed E-state index contributed by atoms with van der Waals surface area (Å²) >= 11 is 0. The lowest BCUT2D eigenvalue weighted by Crippen LogP contribution is -2.42. The first-order chi connectivity index (χ1) is 11.1. The van der Waals surface area contributed by atoms with Crippen molar-refractivity contribution >= 4 is 5.91 Å². The molecule has 2 unspecified atom stereocenters. The van der Waals surface area contributed by atoms with E-state index in [9.17, 15) is 9.18 Å². The van der Waals surface area contributed by atoms with Crippen molar-refractivity contribution in [3.8, 4) is 0 Å². The van der Waals surface area contributed by atoms with Crippen LogP contribution in [0.5, 0.6) is 0 Å². The molecule has 1 amide bonds. The van der Waals surface area contributed by atoms with Crippen molar-refractivity contribution in [3.63, 3.8) is 0 Å². The van der Waals surface area contributed by atoms with E-state index in [-0.39, 0.29) is 23.8 Å². The van der Waals surface area contributed by atoms with Gasteiger partial charge in [-0.1, -0.05) is 42.0 Å². The van der Waals surface area contributed by atoms with E-state index in [0.29, 0.717) is 13.0 Å². The topological polar surface area (TPSA) is 53.2 Å². The molecular weight excluding hydrogens is 293 g/mol. The van der Waals surface area contributed by atoms with Crippen LogP contribution in [0.2, 0.25) is 0 Å². The maximum atomic E-state index is 13.0. The van der Waals surface area contributed by atoms with Crippen LogP contribution in [0.4, 0.5) is 4.39 Å². The van der Waals surface area contributed by atoms with Crippen molar-refractivity contribution < 1.29 is 9.18 Å². The van der Waals surface area contributed by atoms with E-state index in [4.69, 9.17) is 0 Å². The smallest absolute Gasteiger partial charge is 0.238 e. The first kappa shape index (κ1) is 15.6. The van der Waals surface area contributed by atoms with Gasteiger partial charge in [-0.3, -0.25) is 4.79 Å². The summed E-state index contributed by atoms with van der Waals surface area (Å²) in [5, 5.41) is 2.95. The minimum absolute atomic E-state index is 0.00493. The lowest BCUT2D eigenvalue weighted by Gasteiger charge is -2.11. The summed E-state index contributed by atoms with van der Waals surface area (Å²) in [6.07, 6.45) is 0.630. The van der Waals surface area contributed by atoms with Gasteiger partial charge in [0.2, 0.25) is 5.91 Å². The van der Waals surface area contributed by atoms with E-state index in [2.05, 4.69) is 22.2 Å². The summed E-state index contributed by atoms with van der Waals surface area (Å²) in [6, 6.07) is 14.1. The Hall–Kier alpha value is -2.24. The molecule has 1 aliphatic heterocycles. The fourth-order valence-corrected chi connectivity index (χ4v) is 2.78. The summed E-state index contributed by atoms with van der Waals surface area (Å²) in [4.78, 5) is 12.3. The monoisotopic (exact) mass is 313 g/mol. The molecule has 1 heterocycles. The third-order valence-corrected chi connectivity index (χ3v) is 4.04. The van der Waals surface area contributed by atoms with E-state index in [0.717, 1.165) is 11.1 Å². The van der Waals surface area contributed by atoms with Crippen molar-refractivity contribution in [1.82, 2.24) is 16.2 Å². The highest BCUT2D eigenvalue weighted by Crippen LogP contribution is 2.22.